The maximum absolute atomic E-state index is 12.8. The van der Waals surface area contributed by atoms with Crippen LogP contribution >= 0.6 is 0 Å². The van der Waals surface area contributed by atoms with Crippen molar-refractivity contribution in [1.82, 2.24) is 10.6 Å². The molecule has 0 aromatic heterocycles. The van der Waals surface area contributed by atoms with Gasteiger partial charge >= 0.3 is 18.0 Å². The van der Waals surface area contributed by atoms with Gasteiger partial charge in [0.05, 0.1) is 0 Å². The van der Waals surface area contributed by atoms with Crippen LogP contribution < -0.4 is 10.6 Å². The fraction of sp³-hybridized carbons (Fsp3) is 0.340. The van der Waals surface area contributed by atoms with Crippen molar-refractivity contribution in [3.8, 4) is 94.0 Å². The van der Waals surface area contributed by atoms with E-state index in [1.807, 2.05) is 48.5 Å². The zero-order chi connectivity index (χ0) is 41.5. The average Bonchev–Trinajstić information content (AvgIpc) is 3.49. The van der Waals surface area contributed by atoms with Gasteiger partial charge in [-0.05, 0) is 140 Å². The lowest BCUT2D eigenvalue weighted by Crippen LogP contribution is -2.44. The third kappa shape index (κ3) is 16.3. The van der Waals surface area contributed by atoms with Gasteiger partial charge in [-0.25, -0.2) is 14.4 Å². The Morgan fingerprint density at radius 3 is 1.77 bits per heavy atom. The normalized spacial score (nSPS) is 11.3. The number of carboxylic acid groups (broad SMARTS) is 1. The van der Waals surface area contributed by atoms with Gasteiger partial charge in [0.2, 0.25) is 0 Å². The molecule has 2 atom stereocenters. The molecule has 288 valence electrons. The molecule has 3 N–H and O–H groups in total. The number of carboxylic acids is 1. The first-order valence-electron chi connectivity index (χ1n) is 18.2. The highest BCUT2D eigenvalue weighted by molar-refractivity contribution is 5.97. The van der Waals surface area contributed by atoms with Crippen molar-refractivity contribution in [3.05, 3.63) is 59.7 Å². The van der Waals surface area contributed by atoms with Gasteiger partial charge in [-0.3, -0.25) is 9.59 Å². The zero-order valence-corrected chi connectivity index (χ0v) is 32.3. The maximum Gasteiger partial charge on any atom is 0.407 e. The van der Waals surface area contributed by atoms with Crippen LogP contribution in [0.2, 0.25) is 0 Å². The van der Waals surface area contributed by atoms with E-state index >= 15 is 0 Å². The van der Waals surface area contributed by atoms with Gasteiger partial charge in [0, 0.05) is 24.7 Å². The number of ether oxygens (including phenoxy) is 2. The number of unbranched alkanes of at least 4 members (excludes halogenated alkanes) is 2. The lowest BCUT2D eigenvalue weighted by Gasteiger charge is -2.24. The van der Waals surface area contributed by atoms with Gasteiger partial charge in [-0.15, -0.1) is 0 Å². The quantitative estimate of drug-likeness (QED) is 0.128. The van der Waals surface area contributed by atoms with Crippen LogP contribution in [0.5, 0.6) is 0 Å². The number of hydrogen-bond acceptors (Lipinski definition) is 7. The van der Waals surface area contributed by atoms with Gasteiger partial charge in [-0.2, -0.15) is 0 Å². The van der Waals surface area contributed by atoms with E-state index in [-0.39, 0.29) is 44.0 Å². The Balaban J connectivity index is 1.42. The summed E-state index contributed by atoms with van der Waals surface area (Å²) in [5.74, 6) is 31.4. The van der Waals surface area contributed by atoms with E-state index in [0.29, 0.717) is 19.3 Å². The summed E-state index contributed by atoms with van der Waals surface area (Å²) in [5.41, 5.74) is 3.43. The lowest BCUT2D eigenvalue weighted by atomic mass is 9.98. The van der Waals surface area contributed by atoms with E-state index < -0.39 is 41.6 Å². The highest BCUT2D eigenvalue weighted by atomic mass is 16.6. The number of Topliss-reactive ketones (excluding diaryl/α,β-unsaturated/α-hetero) is 1. The number of fused-ring (bicyclic) bond motifs is 3. The molecule has 0 bridgehead atoms. The molecule has 0 aliphatic heterocycles. The summed E-state index contributed by atoms with van der Waals surface area (Å²) in [6.45, 7) is 6.77. The third-order valence-corrected chi connectivity index (χ3v) is 8.08. The molecular formula is C47H42N2O8. The SMILES string of the molecule is CC#CC#CC#CC#CC#CC#CC#CC(=O)N[C@@H](CCC(=O)CCCCC[C@H](NC(=O)OCC1c2ccccc2-c2ccccc21)C(=O)O)C(=O)OC(C)(C)C. The highest BCUT2D eigenvalue weighted by Gasteiger charge is 2.30. The van der Waals surface area contributed by atoms with E-state index in [2.05, 4.69) is 93.5 Å². The summed E-state index contributed by atoms with van der Waals surface area (Å²) in [6, 6.07) is 13.5. The molecule has 10 nitrogen and oxygen atoms in total. The van der Waals surface area contributed by atoms with Crippen molar-refractivity contribution in [1.29, 1.82) is 0 Å². The second-order valence-electron chi connectivity index (χ2n) is 13.5. The number of carbonyl (C=O) groups excluding carboxylic acids is 4. The molecule has 10 heteroatoms. The van der Waals surface area contributed by atoms with Crippen LogP contribution in [0.1, 0.15) is 89.7 Å². The molecule has 0 spiro atoms. The monoisotopic (exact) mass is 762 g/mol. The number of hydrogen-bond donors (Lipinski definition) is 3. The number of benzene rings is 2. The first kappa shape index (κ1) is 44.1. The van der Waals surface area contributed by atoms with Crippen molar-refractivity contribution >= 4 is 29.7 Å². The highest BCUT2D eigenvalue weighted by Crippen LogP contribution is 2.44. The Morgan fingerprint density at radius 1 is 0.684 bits per heavy atom. The number of carbonyl (C=O) groups is 5. The Labute approximate surface area is 334 Å². The largest absolute Gasteiger partial charge is 0.480 e. The number of esters is 1. The van der Waals surface area contributed by atoms with E-state index in [4.69, 9.17) is 9.47 Å². The first-order valence-corrected chi connectivity index (χ1v) is 18.2. The second kappa shape index (κ2) is 23.5. The molecule has 0 saturated heterocycles. The lowest BCUT2D eigenvalue weighted by molar-refractivity contribution is -0.158. The Morgan fingerprint density at radius 2 is 1.23 bits per heavy atom. The van der Waals surface area contributed by atoms with Crippen LogP contribution in [0.25, 0.3) is 11.1 Å². The number of alkyl carbamates (subject to hydrolysis) is 1. The molecule has 0 fully saturated rings. The first-order chi connectivity index (χ1) is 27.4. The second-order valence-corrected chi connectivity index (χ2v) is 13.5. The third-order valence-electron chi connectivity index (χ3n) is 8.08. The standard InChI is InChI=1S/C47H42N2O8/c1-5-6-7-8-9-10-11-12-13-14-15-16-20-31-43(51)48-42(45(54)57-47(2,3)4)33-32-35(50)25-18-17-19-30-41(44(52)53)49-46(55)56-34-40-38-28-23-21-26-36(38)37-27-22-24-29-39(37)40/h21-24,26-29,40-42H,17-19,25,30,32-34H2,1-4H3,(H,48,51)(H,49,55)(H,52,53)/t41-,42-/m0/s1. The molecule has 57 heavy (non-hydrogen) atoms. The minimum atomic E-state index is -1.19. The topological polar surface area (TPSA) is 148 Å². The summed E-state index contributed by atoms with van der Waals surface area (Å²) in [5, 5.41) is 14.7. The molecule has 3 rings (SSSR count). The van der Waals surface area contributed by atoms with Crippen LogP contribution in [0.4, 0.5) is 4.79 Å². The van der Waals surface area contributed by atoms with Crippen molar-refractivity contribution in [2.75, 3.05) is 6.61 Å². The maximum atomic E-state index is 12.8. The molecule has 0 unspecified atom stereocenters. The zero-order valence-electron chi connectivity index (χ0n) is 32.3. The van der Waals surface area contributed by atoms with Crippen molar-refractivity contribution in [2.45, 2.75) is 96.2 Å². The van der Waals surface area contributed by atoms with Gasteiger partial charge in [0.25, 0.3) is 5.91 Å². The van der Waals surface area contributed by atoms with Crippen LogP contribution in [0.15, 0.2) is 48.5 Å². The number of nitrogens with one attached hydrogen (secondary N) is 2. The summed E-state index contributed by atoms with van der Waals surface area (Å²) in [4.78, 5) is 62.6. The van der Waals surface area contributed by atoms with Gasteiger partial charge in [-0.1, -0.05) is 67.3 Å². The number of rotatable bonds is 15. The van der Waals surface area contributed by atoms with E-state index in [9.17, 15) is 29.1 Å². The van der Waals surface area contributed by atoms with Crippen molar-refractivity contribution in [2.24, 2.45) is 0 Å². The molecule has 2 aromatic rings. The molecular weight excluding hydrogens is 721 g/mol. The minimum absolute atomic E-state index is 0.0113. The Kier molecular flexibility index (Phi) is 18.2. The predicted octanol–water partition coefficient (Wildman–Crippen LogP) is 5.15. The molecule has 0 radical (unpaired) electrons. The Bertz CT molecular complexity index is 2240. The average molecular weight is 763 g/mol. The van der Waals surface area contributed by atoms with E-state index in [0.717, 1.165) is 22.3 Å². The van der Waals surface area contributed by atoms with Crippen molar-refractivity contribution < 1.29 is 38.6 Å². The smallest absolute Gasteiger partial charge is 0.407 e. The van der Waals surface area contributed by atoms with Crippen LogP contribution in [0, 0.1) is 82.9 Å². The number of ketones is 1. The van der Waals surface area contributed by atoms with Gasteiger partial charge in [0.15, 0.2) is 0 Å². The summed E-state index contributed by atoms with van der Waals surface area (Å²) in [6.07, 6.45) is 0.918. The fourth-order valence-corrected chi connectivity index (χ4v) is 5.60. The number of aliphatic carboxylic acids is 1. The molecule has 2 amide bonds. The van der Waals surface area contributed by atoms with Crippen LogP contribution in [-0.2, 0) is 28.7 Å². The molecule has 1 aliphatic carbocycles. The minimum Gasteiger partial charge on any atom is -0.480 e. The molecule has 2 aromatic carbocycles. The van der Waals surface area contributed by atoms with E-state index in [1.54, 1.807) is 27.7 Å². The molecule has 0 heterocycles. The van der Waals surface area contributed by atoms with Crippen LogP contribution in [0.3, 0.4) is 0 Å². The molecule has 1 aliphatic rings. The summed E-state index contributed by atoms with van der Waals surface area (Å²) >= 11 is 0. The molecule has 0 saturated carbocycles. The fourth-order valence-electron chi connectivity index (χ4n) is 5.60. The van der Waals surface area contributed by atoms with E-state index in [1.165, 1.54) is 0 Å². The Hall–Kier alpha value is -7.29. The van der Waals surface area contributed by atoms with Gasteiger partial charge < -0.3 is 25.2 Å². The summed E-state index contributed by atoms with van der Waals surface area (Å²) < 4.78 is 10.9. The predicted molar refractivity (Wildman–Crippen MR) is 215 cm³/mol. The van der Waals surface area contributed by atoms with Crippen LogP contribution in [-0.4, -0.2) is 59.1 Å². The van der Waals surface area contributed by atoms with Crippen molar-refractivity contribution in [3.63, 3.8) is 0 Å². The van der Waals surface area contributed by atoms with Gasteiger partial charge in [0.1, 0.15) is 30.1 Å². The summed E-state index contributed by atoms with van der Waals surface area (Å²) in [7, 11) is 0. The number of amides is 2.